The molecule has 0 aliphatic heterocycles. The number of amides is 1. The third-order valence-corrected chi connectivity index (χ3v) is 2.67. The molecule has 0 aliphatic carbocycles. The smallest absolute Gasteiger partial charge is 0.328 e. The van der Waals surface area contributed by atoms with Gasteiger partial charge >= 0.3 is 5.97 Å². The van der Waals surface area contributed by atoms with Crippen LogP contribution in [0, 0.1) is 5.92 Å². The fraction of sp³-hybridized carbons (Fsp3) is 0.571. The van der Waals surface area contributed by atoms with Gasteiger partial charge in [-0.1, -0.05) is 13.8 Å². The standard InChI is InChI=1S/C14H21NO5/c1-9(2)7-11(14(17)19-4)15-13(16)12-6-5-10(20-12)8-18-3/h5-6,9,11H,7-8H2,1-4H3,(H,15,16). The van der Waals surface area contributed by atoms with E-state index in [1.807, 2.05) is 13.8 Å². The monoisotopic (exact) mass is 283 g/mol. The topological polar surface area (TPSA) is 77.8 Å². The lowest BCUT2D eigenvalue weighted by molar-refractivity contribution is -0.143. The number of ether oxygens (including phenoxy) is 2. The van der Waals surface area contributed by atoms with Crippen LogP contribution in [0.5, 0.6) is 0 Å². The van der Waals surface area contributed by atoms with Gasteiger partial charge in [-0.3, -0.25) is 4.79 Å². The second-order valence-corrected chi connectivity index (χ2v) is 4.88. The van der Waals surface area contributed by atoms with E-state index in [1.54, 1.807) is 12.1 Å². The summed E-state index contributed by atoms with van der Waals surface area (Å²) in [6.07, 6.45) is 0.504. The Morgan fingerprint density at radius 3 is 2.55 bits per heavy atom. The summed E-state index contributed by atoms with van der Waals surface area (Å²) < 4.78 is 14.9. The van der Waals surface area contributed by atoms with Gasteiger partial charge in [0.1, 0.15) is 18.4 Å². The molecule has 1 amide bonds. The molecule has 0 aliphatic rings. The lowest BCUT2D eigenvalue weighted by atomic mass is 10.0. The Bertz CT molecular complexity index is 452. The summed E-state index contributed by atoms with van der Waals surface area (Å²) in [6, 6.07) is 2.53. The highest BCUT2D eigenvalue weighted by Crippen LogP contribution is 2.11. The second kappa shape index (κ2) is 7.69. The number of furan rings is 1. The van der Waals surface area contributed by atoms with E-state index >= 15 is 0 Å². The van der Waals surface area contributed by atoms with Crippen LogP contribution in [0.1, 0.15) is 36.6 Å². The summed E-state index contributed by atoms with van der Waals surface area (Å²) in [5.74, 6) is 0.0463. The first-order valence-corrected chi connectivity index (χ1v) is 6.44. The zero-order valence-corrected chi connectivity index (χ0v) is 12.3. The number of carbonyl (C=O) groups excluding carboxylic acids is 2. The van der Waals surface area contributed by atoms with E-state index in [1.165, 1.54) is 14.2 Å². The molecule has 112 valence electrons. The molecule has 1 aromatic heterocycles. The third-order valence-electron chi connectivity index (χ3n) is 2.67. The van der Waals surface area contributed by atoms with Gasteiger partial charge in [-0.05, 0) is 24.5 Å². The predicted octanol–water partition coefficient (Wildman–Crippen LogP) is 1.74. The number of rotatable bonds is 7. The first kappa shape index (κ1) is 16.2. The summed E-state index contributed by atoms with van der Waals surface area (Å²) in [5.41, 5.74) is 0. The highest BCUT2D eigenvalue weighted by atomic mass is 16.5. The number of hydrogen-bond donors (Lipinski definition) is 1. The van der Waals surface area contributed by atoms with Crippen molar-refractivity contribution in [1.29, 1.82) is 0 Å². The van der Waals surface area contributed by atoms with Crippen molar-refractivity contribution in [3.63, 3.8) is 0 Å². The quantitative estimate of drug-likeness (QED) is 0.771. The van der Waals surface area contributed by atoms with Crippen LogP contribution in [0.3, 0.4) is 0 Å². The first-order valence-electron chi connectivity index (χ1n) is 6.44. The van der Waals surface area contributed by atoms with Gasteiger partial charge in [0.25, 0.3) is 5.91 Å². The maximum atomic E-state index is 12.0. The molecule has 1 N–H and O–H groups in total. The molecule has 0 bridgehead atoms. The number of carbonyl (C=O) groups is 2. The summed E-state index contributed by atoms with van der Waals surface area (Å²) in [6.45, 7) is 4.22. The molecule has 20 heavy (non-hydrogen) atoms. The normalized spacial score (nSPS) is 12.2. The number of esters is 1. The average Bonchev–Trinajstić information content (AvgIpc) is 2.85. The largest absolute Gasteiger partial charge is 0.467 e. The van der Waals surface area contributed by atoms with Gasteiger partial charge in [0.2, 0.25) is 0 Å². The van der Waals surface area contributed by atoms with Crippen LogP contribution in [0.25, 0.3) is 0 Å². The minimum atomic E-state index is -0.677. The number of nitrogens with one attached hydrogen (secondary N) is 1. The molecule has 0 radical (unpaired) electrons. The molecule has 1 heterocycles. The molecule has 0 spiro atoms. The van der Waals surface area contributed by atoms with Gasteiger partial charge in [0.05, 0.1) is 7.11 Å². The highest BCUT2D eigenvalue weighted by molar-refractivity contribution is 5.94. The minimum Gasteiger partial charge on any atom is -0.467 e. The van der Waals surface area contributed by atoms with Gasteiger partial charge in [-0.25, -0.2) is 4.79 Å². The molecule has 0 saturated carbocycles. The van der Waals surface area contributed by atoms with Crippen LogP contribution in [0.4, 0.5) is 0 Å². The van der Waals surface area contributed by atoms with E-state index in [9.17, 15) is 9.59 Å². The molecule has 6 nitrogen and oxygen atoms in total. The Hall–Kier alpha value is -1.82. The van der Waals surface area contributed by atoms with Gasteiger partial charge in [-0.2, -0.15) is 0 Å². The van der Waals surface area contributed by atoms with Crippen molar-refractivity contribution in [2.75, 3.05) is 14.2 Å². The van der Waals surface area contributed by atoms with Crippen molar-refractivity contribution >= 4 is 11.9 Å². The lowest BCUT2D eigenvalue weighted by Crippen LogP contribution is -2.42. The summed E-state index contributed by atoms with van der Waals surface area (Å²) in [4.78, 5) is 23.7. The zero-order valence-electron chi connectivity index (χ0n) is 12.3. The molecule has 1 unspecified atom stereocenters. The molecule has 1 rings (SSSR count). The fourth-order valence-corrected chi connectivity index (χ4v) is 1.78. The second-order valence-electron chi connectivity index (χ2n) is 4.88. The van der Waals surface area contributed by atoms with Gasteiger partial charge in [-0.15, -0.1) is 0 Å². The zero-order chi connectivity index (χ0) is 15.1. The Kier molecular flexibility index (Phi) is 6.24. The van der Waals surface area contributed by atoms with E-state index in [0.717, 1.165) is 0 Å². The van der Waals surface area contributed by atoms with Gasteiger partial charge in [0, 0.05) is 7.11 Å². The highest BCUT2D eigenvalue weighted by Gasteiger charge is 2.24. The van der Waals surface area contributed by atoms with Crippen molar-refractivity contribution in [3.05, 3.63) is 23.7 Å². The van der Waals surface area contributed by atoms with Crippen molar-refractivity contribution in [2.45, 2.75) is 32.9 Å². The van der Waals surface area contributed by atoms with Crippen molar-refractivity contribution in [2.24, 2.45) is 5.92 Å². The molecule has 6 heteroatoms. The minimum absolute atomic E-state index is 0.148. The number of hydrogen-bond acceptors (Lipinski definition) is 5. The van der Waals surface area contributed by atoms with E-state index < -0.39 is 17.9 Å². The van der Waals surface area contributed by atoms with E-state index in [4.69, 9.17) is 9.15 Å². The van der Waals surface area contributed by atoms with Crippen LogP contribution in [-0.2, 0) is 20.9 Å². The van der Waals surface area contributed by atoms with E-state index in [2.05, 4.69) is 10.1 Å². The van der Waals surface area contributed by atoms with Crippen molar-refractivity contribution in [1.82, 2.24) is 5.32 Å². The van der Waals surface area contributed by atoms with Gasteiger partial charge < -0.3 is 19.2 Å². The predicted molar refractivity (Wildman–Crippen MR) is 72.1 cm³/mol. The lowest BCUT2D eigenvalue weighted by Gasteiger charge is -2.17. The SMILES string of the molecule is COCc1ccc(C(=O)NC(CC(C)C)C(=O)OC)o1. The molecule has 0 saturated heterocycles. The molecule has 0 fully saturated rings. The molecule has 0 aromatic carbocycles. The maximum absolute atomic E-state index is 12.0. The van der Waals surface area contributed by atoms with Crippen LogP contribution >= 0.6 is 0 Å². The fourth-order valence-electron chi connectivity index (χ4n) is 1.78. The van der Waals surface area contributed by atoms with Crippen molar-refractivity contribution in [3.8, 4) is 0 Å². The first-order chi connectivity index (χ1) is 9.47. The average molecular weight is 283 g/mol. The molecule has 1 aromatic rings. The van der Waals surface area contributed by atoms with E-state index in [0.29, 0.717) is 18.8 Å². The van der Waals surface area contributed by atoms with Crippen LogP contribution in [-0.4, -0.2) is 32.1 Å². The third kappa shape index (κ3) is 4.70. The summed E-state index contributed by atoms with van der Waals surface area (Å²) in [7, 11) is 2.84. The van der Waals surface area contributed by atoms with Crippen LogP contribution < -0.4 is 5.32 Å². The van der Waals surface area contributed by atoms with E-state index in [-0.39, 0.29) is 11.7 Å². The summed E-state index contributed by atoms with van der Waals surface area (Å²) in [5, 5.41) is 2.62. The molecule has 1 atom stereocenters. The van der Waals surface area contributed by atoms with Crippen LogP contribution in [0.2, 0.25) is 0 Å². The molecular weight excluding hydrogens is 262 g/mol. The Morgan fingerprint density at radius 1 is 1.30 bits per heavy atom. The van der Waals surface area contributed by atoms with Gasteiger partial charge in [0.15, 0.2) is 5.76 Å². The Labute approximate surface area is 118 Å². The van der Waals surface area contributed by atoms with Crippen molar-refractivity contribution < 1.29 is 23.5 Å². The van der Waals surface area contributed by atoms with Crippen LogP contribution in [0.15, 0.2) is 16.5 Å². The Morgan fingerprint density at radius 2 is 2.00 bits per heavy atom. The Balaban J connectivity index is 2.71. The molecular formula is C14H21NO5. The number of methoxy groups -OCH3 is 2. The maximum Gasteiger partial charge on any atom is 0.328 e. The summed E-state index contributed by atoms with van der Waals surface area (Å²) >= 11 is 0.